The van der Waals surface area contributed by atoms with Crippen molar-refractivity contribution in [1.29, 1.82) is 0 Å². The Hall–Kier alpha value is -1.39. The van der Waals surface area contributed by atoms with Crippen molar-refractivity contribution in [2.24, 2.45) is 5.92 Å². The number of hydrogen-bond donors (Lipinski definition) is 1. The Bertz CT molecular complexity index is 360. The smallest absolute Gasteiger partial charge is 0.277 e. The number of carbonyl (C=O) groups excluding carboxylic acids is 3. The van der Waals surface area contributed by atoms with Crippen LogP contribution in [0.1, 0.15) is 39.5 Å². The molecule has 88 valence electrons. The predicted molar refractivity (Wildman–Crippen MR) is 56.4 cm³/mol. The SMILES string of the molecule is CCC1C(=O)NC(=O)N(C2(C)CCC2)C1=O. The van der Waals surface area contributed by atoms with E-state index in [1.54, 1.807) is 6.92 Å². The third kappa shape index (κ3) is 1.42. The van der Waals surface area contributed by atoms with E-state index in [2.05, 4.69) is 5.32 Å². The van der Waals surface area contributed by atoms with Crippen LogP contribution < -0.4 is 5.32 Å². The summed E-state index contributed by atoms with van der Waals surface area (Å²) in [6, 6.07) is -0.554. The lowest BCUT2D eigenvalue weighted by Gasteiger charge is -2.48. The molecule has 1 saturated carbocycles. The van der Waals surface area contributed by atoms with E-state index in [9.17, 15) is 14.4 Å². The molecule has 4 amide bonds. The van der Waals surface area contributed by atoms with Gasteiger partial charge in [-0.05, 0) is 32.6 Å². The summed E-state index contributed by atoms with van der Waals surface area (Å²) in [5.41, 5.74) is -0.380. The average Bonchev–Trinajstić information content (AvgIpc) is 2.14. The molecule has 1 unspecified atom stereocenters. The van der Waals surface area contributed by atoms with Crippen LogP contribution in [-0.4, -0.2) is 28.3 Å². The maximum atomic E-state index is 12.1. The van der Waals surface area contributed by atoms with Crippen LogP contribution in [-0.2, 0) is 9.59 Å². The summed E-state index contributed by atoms with van der Waals surface area (Å²) < 4.78 is 0. The molecule has 1 saturated heterocycles. The molecule has 0 radical (unpaired) electrons. The van der Waals surface area contributed by atoms with Gasteiger partial charge in [0.25, 0.3) is 0 Å². The third-order valence-electron chi connectivity index (χ3n) is 3.65. The predicted octanol–water partition coefficient (Wildman–Crippen LogP) is 1.03. The van der Waals surface area contributed by atoms with Crippen LogP contribution >= 0.6 is 0 Å². The maximum absolute atomic E-state index is 12.1. The van der Waals surface area contributed by atoms with Gasteiger partial charge in [0, 0.05) is 5.54 Å². The second-order valence-electron chi connectivity index (χ2n) is 4.78. The molecule has 2 fully saturated rings. The molecule has 2 rings (SSSR count). The number of nitrogens with zero attached hydrogens (tertiary/aromatic N) is 1. The summed E-state index contributed by atoms with van der Waals surface area (Å²) in [7, 11) is 0. The van der Waals surface area contributed by atoms with Gasteiger partial charge >= 0.3 is 6.03 Å². The summed E-state index contributed by atoms with van der Waals surface area (Å²) in [5.74, 6) is -1.50. The minimum absolute atomic E-state index is 0.335. The van der Waals surface area contributed by atoms with Crippen LogP contribution in [0, 0.1) is 5.92 Å². The minimum Gasteiger partial charge on any atom is -0.277 e. The quantitative estimate of drug-likeness (QED) is 0.712. The van der Waals surface area contributed by atoms with E-state index in [4.69, 9.17) is 0 Å². The van der Waals surface area contributed by atoms with Gasteiger partial charge in [0.15, 0.2) is 0 Å². The van der Waals surface area contributed by atoms with Crippen molar-refractivity contribution in [3.05, 3.63) is 0 Å². The number of imide groups is 2. The summed E-state index contributed by atoms with van der Waals surface area (Å²) in [6.07, 6.45) is 3.12. The van der Waals surface area contributed by atoms with Crippen LogP contribution in [0.3, 0.4) is 0 Å². The molecule has 0 aromatic carbocycles. The Morgan fingerprint density at radius 3 is 2.44 bits per heavy atom. The first-order valence-corrected chi connectivity index (χ1v) is 5.68. The van der Waals surface area contributed by atoms with Crippen LogP contribution in [0.25, 0.3) is 0 Å². The molecule has 5 heteroatoms. The Morgan fingerprint density at radius 1 is 1.38 bits per heavy atom. The third-order valence-corrected chi connectivity index (χ3v) is 3.65. The fourth-order valence-electron chi connectivity index (χ4n) is 2.40. The van der Waals surface area contributed by atoms with E-state index in [1.807, 2.05) is 6.92 Å². The van der Waals surface area contributed by atoms with Gasteiger partial charge in [0.1, 0.15) is 5.92 Å². The molecular weight excluding hydrogens is 208 g/mol. The van der Waals surface area contributed by atoms with Gasteiger partial charge in [-0.1, -0.05) is 6.92 Å². The first-order chi connectivity index (χ1) is 7.49. The zero-order chi connectivity index (χ0) is 11.9. The standard InChI is InChI=1S/C11H16N2O3/c1-3-7-8(14)12-10(16)13(9(7)15)11(2)5-4-6-11/h7H,3-6H2,1-2H3,(H,12,14,16). The molecule has 0 aromatic heterocycles. The van der Waals surface area contributed by atoms with Crippen LogP contribution in [0.2, 0.25) is 0 Å². The molecule has 1 aliphatic heterocycles. The summed E-state index contributed by atoms with van der Waals surface area (Å²) in [6.45, 7) is 3.68. The van der Waals surface area contributed by atoms with Gasteiger partial charge in [0.2, 0.25) is 11.8 Å². The van der Waals surface area contributed by atoms with Gasteiger partial charge in [-0.15, -0.1) is 0 Å². The van der Waals surface area contributed by atoms with Crippen LogP contribution in [0.4, 0.5) is 4.79 Å². The lowest BCUT2D eigenvalue weighted by atomic mass is 9.76. The molecule has 16 heavy (non-hydrogen) atoms. The summed E-state index contributed by atoms with van der Waals surface area (Å²) in [5, 5.41) is 2.26. The first-order valence-electron chi connectivity index (χ1n) is 5.68. The van der Waals surface area contributed by atoms with Crippen molar-refractivity contribution in [2.75, 3.05) is 0 Å². The van der Waals surface area contributed by atoms with Crippen molar-refractivity contribution in [3.8, 4) is 0 Å². The summed E-state index contributed by atoms with van der Waals surface area (Å²) >= 11 is 0. The van der Waals surface area contributed by atoms with E-state index in [0.29, 0.717) is 6.42 Å². The maximum Gasteiger partial charge on any atom is 0.331 e. The normalized spacial score (nSPS) is 28.8. The molecule has 1 heterocycles. The van der Waals surface area contributed by atoms with Gasteiger partial charge in [-0.3, -0.25) is 19.8 Å². The fourth-order valence-corrected chi connectivity index (χ4v) is 2.40. The lowest BCUT2D eigenvalue weighted by molar-refractivity contribution is -0.148. The van der Waals surface area contributed by atoms with Crippen molar-refractivity contribution in [3.63, 3.8) is 0 Å². The van der Waals surface area contributed by atoms with Gasteiger partial charge in [-0.2, -0.15) is 0 Å². The van der Waals surface area contributed by atoms with E-state index < -0.39 is 17.9 Å². The number of amides is 4. The summed E-state index contributed by atoms with van der Waals surface area (Å²) in [4.78, 5) is 36.5. The minimum atomic E-state index is -0.699. The number of nitrogens with one attached hydrogen (secondary N) is 1. The Labute approximate surface area is 94.2 Å². The highest BCUT2D eigenvalue weighted by Gasteiger charge is 2.50. The lowest BCUT2D eigenvalue weighted by Crippen LogP contribution is -2.66. The average molecular weight is 224 g/mol. The fraction of sp³-hybridized carbons (Fsp3) is 0.727. The highest BCUT2D eigenvalue weighted by atomic mass is 16.2. The topological polar surface area (TPSA) is 66.5 Å². The van der Waals surface area contributed by atoms with Gasteiger partial charge < -0.3 is 0 Å². The molecular formula is C11H16N2O3. The molecule has 1 aliphatic carbocycles. The van der Waals surface area contributed by atoms with E-state index in [1.165, 1.54) is 4.90 Å². The highest BCUT2D eigenvalue weighted by Crippen LogP contribution is 2.39. The number of barbiturate groups is 1. The molecule has 2 aliphatic rings. The van der Waals surface area contributed by atoms with E-state index in [0.717, 1.165) is 19.3 Å². The molecule has 0 aromatic rings. The molecule has 5 nitrogen and oxygen atoms in total. The first kappa shape index (κ1) is 11.1. The van der Waals surface area contributed by atoms with Crippen molar-refractivity contribution >= 4 is 17.8 Å². The second-order valence-corrected chi connectivity index (χ2v) is 4.78. The Morgan fingerprint density at radius 2 is 2.00 bits per heavy atom. The van der Waals surface area contributed by atoms with Crippen molar-refractivity contribution in [2.45, 2.75) is 45.1 Å². The van der Waals surface area contributed by atoms with Gasteiger partial charge in [0.05, 0.1) is 0 Å². The monoisotopic (exact) mass is 224 g/mol. The number of carbonyl (C=O) groups is 3. The zero-order valence-electron chi connectivity index (χ0n) is 9.58. The second kappa shape index (κ2) is 3.57. The van der Waals surface area contributed by atoms with E-state index in [-0.39, 0.29) is 11.4 Å². The Balaban J connectivity index is 2.27. The number of urea groups is 1. The highest BCUT2D eigenvalue weighted by molar-refractivity contribution is 6.16. The number of hydrogen-bond acceptors (Lipinski definition) is 3. The molecule has 0 spiro atoms. The van der Waals surface area contributed by atoms with Crippen LogP contribution in [0.15, 0.2) is 0 Å². The largest absolute Gasteiger partial charge is 0.331 e. The van der Waals surface area contributed by atoms with Gasteiger partial charge in [-0.25, -0.2) is 4.79 Å². The van der Waals surface area contributed by atoms with Crippen molar-refractivity contribution in [1.82, 2.24) is 10.2 Å². The molecule has 0 bridgehead atoms. The van der Waals surface area contributed by atoms with Crippen LogP contribution in [0.5, 0.6) is 0 Å². The zero-order valence-corrected chi connectivity index (χ0v) is 9.58. The number of rotatable bonds is 2. The van der Waals surface area contributed by atoms with E-state index >= 15 is 0 Å². The van der Waals surface area contributed by atoms with Crippen molar-refractivity contribution < 1.29 is 14.4 Å². The molecule has 1 atom stereocenters. The Kier molecular flexibility index (Phi) is 2.48. The molecule has 1 N–H and O–H groups in total.